The van der Waals surface area contributed by atoms with Crippen molar-refractivity contribution in [3.63, 3.8) is 0 Å². The van der Waals surface area contributed by atoms with Crippen LogP contribution in [-0.2, 0) is 30.3 Å². The van der Waals surface area contributed by atoms with Gasteiger partial charge in [0.1, 0.15) is 0 Å². The maximum absolute atomic E-state index is 5.87. The van der Waals surface area contributed by atoms with Crippen molar-refractivity contribution in [2.75, 3.05) is 0 Å². The third-order valence-corrected chi connectivity index (χ3v) is 10.5. The van der Waals surface area contributed by atoms with E-state index in [1.807, 2.05) is 111 Å². The van der Waals surface area contributed by atoms with Gasteiger partial charge in [-0.3, -0.25) is 0 Å². The monoisotopic (exact) mass is 566 g/mol. The van der Waals surface area contributed by atoms with Crippen molar-refractivity contribution in [2.24, 2.45) is 0 Å². The second-order valence-corrected chi connectivity index (χ2v) is 15.1. The molecule has 0 heterocycles. The van der Waals surface area contributed by atoms with E-state index in [0.29, 0.717) is 0 Å². The zero-order chi connectivity index (χ0) is 27.3. The van der Waals surface area contributed by atoms with Crippen LogP contribution in [0.2, 0.25) is 0 Å². The molecule has 0 aromatic rings. The number of hydrogen-bond donors (Lipinski definition) is 0. The quantitative estimate of drug-likeness (QED) is 0.215. The van der Waals surface area contributed by atoms with Crippen LogP contribution in [0.4, 0.5) is 0 Å². The summed E-state index contributed by atoms with van der Waals surface area (Å²) >= 11 is -6.75. The predicted octanol–water partition coefficient (Wildman–Crippen LogP) is 5.86. The molecule has 0 saturated heterocycles. The van der Waals surface area contributed by atoms with E-state index in [2.05, 4.69) is 0 Å². The molecule has 0 aliphatic rings. The third kappa shape index (κ3) is 23.6. The molecule has 11 heteroatoms. The van der Waals surface area contributed by atoms with Crippen molar-refractivity contribution in [1.29, 1.82) is 0 Å². The van der Waals surface area contributed by atoms with E-state index in [-0.39, 0.29) is 86.6 Å². The Balaban J connectivity index is -0.000000569. The third-order valence-electron chi connectivity index (χ3n) is 3.51. The Labute approximate surface area is 254 Å². The van der Waals surface area contributed by atoms with Crippen molar-refractivity contribution in [3.8, 4) is 0 Å². The van der Waals surface area contributed by atoms with Gasteiger partial charge in [0.25, 0.3) is 0 Å². The van der Waals surface area contributed by atoms with Crippen LogP contribution in [0, 0.1) is 0 Å². The van der Waals surface area contributed by atoms with Crippen LogP contribution >= 0.6 is 0 Å². The molecule has 0 radical (unpaired) electrons. The molecular weight excluding hydrogens is 510 g/mol. The first kappa shape index (κ1) is 41.5. The van der Waals surface area contributed by atoms with Gasteiger partial charge >= 0.3 is 66.6 Å². The van der Waals surface area contributed by atoms with Crippen LogP contribution < -0.4 is 0 Å². The maximum atomic E-state index is 5.87. The Hall–Kier alpha value is 2.00. The van der Waals surface area contributed by atoms with Crippen LogP contribution in [0.15, 0.2) is 0 Å². The summed E-state index contributed by atoms with van der Waals surface area (Å²) in [5.41, 5.74) is 0. The van der Waals surface area contributed by atoms with E-state index in [1.54, 1.807) is 0 Å². The molecule has 0 atom stereocenters. The van der Waals surface area contributed by atoms with Crippen LogP contribution in [0.5, 0.6) is 0 Å². The molecule has 0 aliphatic heterocycles. The van der Waals surface area contributed by atoms with Gasteiger partial charge in [-0.1, -0.05) is 0 Å². The summed E-state index contributed by atoms with van der Waals surface area (Å²) in [4.78, 5) is 0. The van der Waals surface area contributed by atoms with Crippen molar-refractivity contribution in [1.82, 2.24) is 0 Å². The second-order valence-electron chi connectivity index (χ2n) is 10.6. The largest absolute Gasteiger partial charge is 2.00 e. The Morgan fingerprint density at radius 1 is 0.257 bits per heavy atom. The first-order chi connectivity index (χ1) is 15.3. The van der Waals surface area contributed by atoms with Crippen LogP contribution in [0.3, 0.4) is 0 Å². The molecule has 0 aromatic heterocycles. The Bertz CT molecular complexity index is 369. The minimum atomic E-state index is -3.38. The van der Waals surface area contributed by atoms with E-state index >= 15 is 0 Å². The van der Waals surface area contributed by atoms with Gasteiger partial charge in [0.15, 0.2) is 0 Å². The summed E-state index contributed by atoms with van der Waals surface area (Å²) in [5.74, 6) is 0. The summed E-state index contributed by atoms with van der Waals surface area (Å²) < 4.78 is 47.0. The minimum absolute atomic E-state index is 0. The molecule has 0 aliphatic carbocycles. The first-order valence-corrected chi connectivity index (χ1v) is 16.8. The van der Waals surface area contributed by atoms with E-state index in [1.165, 1.54) is 0 Å². The van der Waals surface area contributed by atoms with Crippen molar-refractivity contribution >= 4 is 66.6 Å². The van der Waals surface area contributed by atoms with E-state index < -0.39 is 28.8 Å². The molecule has 0 amide bonds. The van der Waals surface area contributed by atoms with Gasteiger partial charge < -0.3 is 30.3 Å². The van der Waals surface area contributed by atoms with E-state index in [4.69, 9.17) is 30.3 Å². The number of rotatable bonds is 16. The SMILES string of the molecule is CC(C)[O][Al-]([O]C(C)C)([O]C(C)C)[O]C(C)C.CC(C)[O][Al-]([O]C(C)C)([O]C(C)C)[O]C(C)C.[Ca+2]. The molecule has 0 N–H and O–H groups in total. The first-order valence-electron chi connectivity index (χ1n) is 13.0. The van der Waals surface area contributed by atoms with Crippen LogP contribution in [0.1, 0.15) is 111 Å². The zero-order valence-electron chi connectivity index (χ0n) is 25.7. The van der Waals surface area contributed by atoms with Crippen molar-refractivity contribution in [2.45, 2.75) is 160 Å². The average Bonchev–Trinajstić information content (AvgIpc) is 2.48. The summed E-state index contributed by atoms with van der Waals surface area (Å²) in [6, 6.07) is 0. The normalized spacial score (nSPS) is 13.0. The molecule has 8 nitrogen and oxygen atoms in total. The molecule has 0 unspecified atom stereocenters. The summed E-state index contributed by atoms with van der Waals surface area (Å²) in [5, 5.41) is 0. The molecule has 0 aromatic carbocycles. The molecule has 0 bridgehead atoms. The van der Waals surface area contributed by atoms with Gasteiger partial charge in [-0.15, -0.1) is 0 Å². The fraction of sp³-hybridized carbons (Fsp3) is 1.00. The predicted molar refractivity (Wildman–Crippen MR) is 147 cm³/mol. The molecule has 0 saturated carbocycles. The van der Waals surface area contributed by atoms with Gasteiger partial charge in [-0.25, -0.2) is 0 Å². The van der Waals surface area contributed by atoms with Crippen LogP contribution in [0.25, 0.3) is 0 Å². The maximum Gasteiger partial charge on any atom is 2.00 e. The zero-order valence-corrected chi connectivity index (χ0v) is 30.3. The van der Waals surface area contributed by atoms with Gasteiger partial charge in [0.05, 0.1) is 0 Å². The Morgan fingerprint density at radius 2 is 0.343 bits per heavy atom. The Kier molecular flexibility index (Phi) is 24.7. The minimum Gasteiger partial charge on any atom is -0.585 e. The molecule has 208 valence electrons. The number of hydrogen-bond acceptors (Lipinski definition) is 8. The van der Waals surface area contributed by atoms with Crippen LogP contribution in [-0.4, -0.2) is 115 Å². The summed E-state index contributed by atoms with van der Waals surface area (Å²) in [6.07, 6.45) is 0.194. The van der Waals surface area contributed by atoms with Gasteiger partial charge in [-0.05, 0) is 160 Å². The summed E-state index contributed by atoms with van der Waals surface area (Å²) in [6.45, 7) is 31.4. The fourth-order valence-corrected chi connectivity index (χ4v) is 9.15. The van der Waals surface area contributed by atoms with Gasteiger partial charge in [0.2, 0.25) is 0 Å². The molecule has 0 rings (SSSR count). The summed E-state index contributed by atoms with van der Waals surface area (Å²) in [7, 11) is 0. The molecular formula is C24H56Al2CaO8. The smallest absolute Gasteiger partial charge is 0.585 e. The topological polar surface area (TPSA) is 73.8 Å². The van der Waals surface area contributed by atoms with Gasteiger partial charge in [-0.2, -0.15) is 0 Å². The van der Waals surface area contributed by atoms with Crippen molar-refractivity contribution < 1.29 is 30.3 Å². The average molecular weight is 567 g/mol. The van der Waals surface area contributed by atoms with Crippen molar-refractivity contribution in [3.05, 3.63) is 0 Å². The molecule has 0 spiro atoms. The Morgan fingerprint density at radius 3 is 0.400 bits per heavy atom. The van der Waals surface area contributed by atoms with E-state index in [9.17, 15) is 0 Å². The molecule has 35 heavy (non-hydrogen) atoms. The van der Waals surface area contributed by atoms with Gasteiger partial charge in [0, 0.05) is 0 Å². The second kappa shape index (κ2) is 20.8. The molecule has 0 fully saturated rings. The van der Waals surface area contributed by atoms with E-state index in [0.717, 1.165) is 0 Å². The fourth-order valence-electron chi connectivity index (χ4n) is 3.05. The standard InChI is InChI=1S/8C3H7O.2Al.Ca/c8*1-3(2)4;;;/h8*3H,1-2H3;;;/q8*-1;2*+3;+2.